The van der Waals surface area contributed by atoms with Gasteiger partial charge in [-0.15, -0.1) is 0 Å². The fraction of sp³-hybridized carbons (Fsp3) is 0.500. The Balaban J connectivity index is 1.81. The highest BCUT2D eigenvalue weighted by atomic mass is 32.2. The molecule has 0 aromatic heterocycles. The number of hydrogen-bond acceptors (Lipinski definition) is 6. The first-order valence-electron chi connectivity index (χ1n) is 7.59. The molecule has 1 aliphatic heterocycles. The molecular formula is C16H21NO6S. The molecule has 8 heteroatoms. The molecule has 0 aliphatic carbocycles. The Morgan fingerprint density at radius 1 is 1.33 bits per heavy atom. The van der Waals surface area contributed by atoms with Gasteiger partial charge in [-0.25, -0.2) is 8.42 Å². The highest BCUT2D eigenvalue weighted by molar-refractivity contribution is 7.91. The standard InChI is InChI=1S/C16H21NO6S/c1-11-3-4-14(22-2)13(7-11)17-15(18)9-23-16(19)8-12-5-6-24(20,21)10-12/h3-4,7,12H,5-6,8-10H2,1-2H3,(H,17,18)/t12-/m0/s1. The van der Waals surface area contributed by atoms with Crippen molar-refractivity contribution in [2.75, 3.05) is 30.5 Å². The van der Waals surface area contributed by atoms with Crippen molar-refractivity contribution in [1.29, 1.82) is 0 Å². The molecule has 1 aromatic rings. The summed E-state index contributed by atoms with van der Waals surface area (Å²) in [5.74, 6) is -0.637. The zero-order valence-electron chi connectivity index (χ0n) is 13.7. The maximum absolute atomic E-state index is 11.9. The third-order valence-electron chi connectivity index (χ3n) is 3.78. The second-order valence-electron chi connectivity index (χ2n) is 5.89. The van der Waals surface area contributed by atoms with Crippen LogP contribution in [0.5, 0.6) is 5.75 Å². The van der Waals surface area contributed by atoms with Crippen molar-refractivity contribution in [2.45, 2.75) is 19.8 Å². The van der Waals surface area contributed by atoms with Crippen LogP contribution in [0.4, 0.5) is 5.69 Å². The molecule has 1 atom stereocenters. The number of nitrogens with one attached hydrogen (secondary N) is 1. The normalized spacial score (nSPS) is 18.8. The van der Waals surface area contributed by atoms with Crippen LogP contribution < -0.4 is 10.1 Å². The second-order valence-corrected chi connectivity index (χ2v) is 8.11. The van der Waals surface area contributed by atoms with E-state index in [2.05, 4.69) is 5.32 Å². The minimum atomic E-state index is -3.03. The Labute approximate surface area is 141 Å². The van der Waals surface area contributed by atoms with Crippen LogP contribution in [-0.2, 0) is 24.2 Å². The van der Waals surface area contributed by atoms with E-state index in [4.69, 9.17) is 9.47 Å². The predicted molar refractivity (Wildman–Crippen MR) is 88.7 cm³/mol. The minimum Gasteiger partial charge on any atom is -0.495 e. The predicted octanol–water partition coefficient (Wildman–Crippen LogP) is 1.31. The molecule has 2 rings (SSSR count). The van der Waals surface area contributed by atoms with Crippen LogP contribution in [0, 0.1) is 12.8 Å². The van der Waals surface area contributed by atoms with Crippen molar-refractivity contribution in [3.8, 4) is 5.75 Å². The Hall–Kier alpha value is -2.09. The van der Waals surface area contributed by atoms with Crippen molar-refractivity contribution in [3.63, 3.8) is 0 Å². The van der Waals surface area contributed by atoms with Crippen molar-refractivity contribution in [1.82, 2.24) is 0 Å². The zero-order chi connectivity index (χ0) is 17.7. The van der Waals surface area contributed by atoms with Crippen molar-refractivity contribution >= 4 is 27.4 Å². The molecule has 1 amide bonds. The monoisotopic (exact) mass is 355 g/mol. The quantitative estimate of drug-likeness (QED) is 0.773. The van der Waals surface area contributed by atoms with E-state index in [1.807, 2.05) is 13.0 Å². The summed E-state index contributed by atoms with van der Waals surface area (Å²) >= 11 is 0. The van der Waals surface area contributed by atoms with Crippen LogP contribution >= 0.6 is 0 Å². The summed E-state index contributed by atoms with van der Waals surface area (Å²) in [4.78, 5) is 23.6. The van der Waals surface area contributed by atoms with E-state index in [0.717, 1.165) is 5.56 Å². The van der Waals surface area contributed by atoms with E-state index in [-0.39, 0.29) is 23.8 Å². The largest absolute Gasteiger partial charge is 0.495 e. The number of esters is 1. The molecular weight excluding hydrogens is 334 g/mol. The molecule has 0 saturated carbocycles. The number of sulfone groups is 1. The van der Waals surface area contributed by atoms with Crippen LogP contribution in [0.25, 0.3) is 0 Å². The summed E-state index contributed by atoms with van der Waals surface area (Å²) in [6.45, 7) is 1.46. The molecule has 1 heterocycles. The van der Waals surface area contributed by atoms with Gasteiger partial charge in [0.1, 0.15) is 5.75 Å². The average molecular weight is 355 g/mol. The molecule has 0 spiro atoms. The Morgan fingerprint density at radius 3 is 2.71 bits per heavy atom. The Morgan fingerprint density at radius 2 is 2.08 bits per heavy atom. The van der Waals surface area contributed by atoms with Gasteiger partial charge in [0.25, 0.3) is 5.91 Å². The van der Waals surface area contributed by atoms with Gasteiger partial charge in [-0.3, -0.25) is 9.59 Å². The molecule has 7 nitrogen and oxygen atoms in total. The third kappa shape index (κ3) is 5.23. The number of carbonyl (C=O) groups excluding carboxylic acids is 2. The number of anilines is 1. The lowest BCUT2D eigenvalue weighted by molar-refractivity contribution is -0.148. The number of rotatable bonds is 6. The number of methoxy groups -OCH3 is 1. The van der Waals surface area contributed by atoms with Crippen molar-refractivity contribution < 1.29 is 27.5 Å². The van der Waals surface area contributed by atoms with Gasteiger partial charge in [-0.05, 0) is 37.0 Å². The molecule has 1 saturated heterocycles. The van der Waals surface area contributed by atoms with E-state index in [1.165, 1.54) is 7.11 Å². The zero-order valence-corrected chi connectivity index (χ0v) is 14.5. The first kappa shape index (κ1) is 18.3. The van der Waals surface area contributed by atoms with Gasteiger partial charge in [0.15, 0.2) is 16.4 Å². The van der Waals surface area contributed by atoms with Crippen LogP contribution in [0.3, 0.4) is 0 Å². The molecule has 1 aliphatic rings. The van der Waals surface area contributed by atoms with Crippen LogP contribution in [0.2, 0.25) is 0 Å². The van der Waals surface area contributed by atoms with Crippen molar-refractivity contribution in [2.24, 2.45) is 5.92 Å². The van der Waals surface area contributed by atoms with Crippen LogP contribution in [-0.4, -0.2) is 45.5 Å². The highest BCUT2D eigenvalue weighted by Gasteiger charge is 2.30. The summed E-state index contributed by atoms with van der Waals surface area (Å²) < 4.78 is 32.8. The lowest BCUT2D eigenvalue weighted by Crippen LogP contribution is -2.22. The minimum absolute atomic E-state index is 0.00872. The maximum Gasteiger partial charge on any atom is 0.306 e. The van der Waals surface area contributed by atoms with Crippen molar-refractivity contribution in [3.05, 3.63) is 23.8 Å². The topological polar surface area (TPSA) is 98.8 Å². The van der Waals surface area contributed by atoms with E-state index >= 15 is 0 Å². The smallest absolute Gasteiger partial charge is 0.306 e. The number of hydrogen-bond donors (Lipinski definition) is 1. The van der Waals surface area contributed by atoms with Gasteiger partial charge >= 0.3 is 5.97 Å². The van der Waals surface area contributed by atoms with Gasteiger partial charge in [0.2, 0.25) is 0 Å². The molecule has 24 heavy (non-hydrogen) atoms. The summed E-state index contributed by atoms with van der Waals surface area (Å²) in [5.41, 5.74) is 1.45. The summed E-state index contributed by atoms with van der Waals surface area (Å²) in [6.07, 6.45) is 0.477. The lowest BCUT2D eigenvalue weighted by Gasteiger charge is -2.12. The molecule has 1 N–H and O–H groups in total. The molecule has 1 aromatic carbocycles. The number of benzene rings is 1. The van der Waals surface area contributed by atoms with E-state index in [0.29, 0.717) is 17.9 Å². The fourth-order valence-corrected chi connectivity index (χ4v) is 4.44. The lowest BCUT2D eigenvalue weighted by atomic mass is 10.1. The third-order valence-corrected chi connectivity index (χ3v) is 5.61. The molecule has 0 unspecified atom stereocenters. The maximum atomic E-state index is 11.9. The van der Waals surface area contributed by atoms with Gasteiger partial charge in [0, 0.05) is 6.42 Å². The summed E-state index contributed by atoms with van der Waals surface area (Å²) in [6, 6.07) is 5.34. The Kier molecular flexibility index (Phi) is 5.82. The Bertz CT molecular complexity index is 728. The van der Waals surface area contributed by atoms with Crippen LogP contribution in [0.1, 0.15) is 18.4 Å². The first-order valence-corrected chi connectivity index (χ1v) is 9.42. The number of amides is 1. The van der Waals surface area contributed by atoms with E-state index in [9.17, 15) is 18.0 Å². The van der Waals surface area contributed by atoms with Crippen LogP contribution in [0.15, 0.2) is 18.2 Å². The highest BCUT2D eigenvalue weighted by Crippen LogP contribution is 2.25. The number of ether oxygens (including phenoxy) is 2. The van der Waals surface area contributed by atoms with Gasteiger partial charge in [0.05, 0.1) is 24.3 Å². The van der Waals surface area contributed by atoms with Gasteiger partial charge < -0.3 is 14.8 Å². The SMILES string of the molecule is COc1ccc(C)cc1NC(=O)COC(=O)C[C@@H]1CCS(=O)(=O)C1. The molecule has 0 radical (unpaired) electrons. The van der Waals surface area contributed by atoms with E-state index < -0.39 is 28.3 Å². The number of carbonyl (C=O) groups is 2. The molecule has 1 fully saturated rings. The van der Waals surface area contributed by atoms with Gasteiger partial charge in [-0.1, -0.05) is 6.07 Å². The molecule has 132 valence electrons. The molecule has 0 bridgehead atoms. The first-order chi connectivity index (χ1) is 11.3. The number of aryl methyl sites for hydroxylation is 1. The van der Waals surface area contributed by atoms with Gasteiger partial charge in [-0.2, -0.15) is 0 Å². The van der Waals surface area contributed by atoms with E-state index in [1.54, 1.807) is 12.1 Å². The average Bonchev–Trinajstić information content (AvgIpc) is 2.84. The fourth-order valence-electron chi connectivity index (χ4n) is 2.58. The summed E-state index contributed by atoms with van der Waals surface area (Å²) in [5, 5.41) is 2.63. The second kappa shape index (κ2) is 7.65. The summed E-state index contributed by atoms with van der Waals surface area (Å²) in [7, 11) is -1.53.